The molecule has 1 unspecified atom stereocenters. The number of pyridine rings is 1. The number of aromatic nitrogens is 1. The normalized spacial score (nSPS) is 12.0. The Bertz CT molecular complexity index is 618. The molecule has 4 nitrogen and oxygen atoms in total. The van der Waals surface area contributed by atoms with Gasteiger partial charge in [-0.15, -0.1) is 0 Å². The van der Waals surface area contributed by atoms with Crippen LogP contribution in [0.2, 0.25) is 0 Å². The van der Waals surface area contributed by atoms with Crippen LogP contribution in [0.5, 0.6) is 5.75 Å². The minimum atomic E-state index is -2.84. The topological polar surface area (TPSA) is 51.2 Å². The number of rotatable bonds is 7. The summed E-state index contributed by atoms with van der Waals surface area (Å²) in [6.45, 7) is -1.00. The molecule has 0 aliphatic rings. The fraction of sp³-hybridized carbons (Fsp3) is 0.294. The number of benzene rings is 1. The standard InChI is InChI=1S/C17H18F2N2O2/c1-12(14-5-7-15(8-6-14)23-17(18)19)21-16(22)9-4-13-3-2-10-20-11-13/h2-3,5-8,10-12,17H,4,9H2,1H3,(H,21,22). The van der Waals surface area contributed by atoms with Crippen molar-refractivity contribution in [3.8, 4) is 5.75 Å². The summed E-state index contributed by atoms with van der Waals surface area (Å²) in [6, 6.07) is 9.77. The molecule has 1 amide bonds. The third-order valence-corrected chi connectivity index (χ3v) is 3.35. The lowest BCUT2D eigenvalue weighted by Crippen LogP contribution is -2.26. The summed E-state index contributed by atoms with van der Waals surface area (Å²) in [7, 11) is 0. The third-order valence-electron chi connectivity index (χ3n) is 3.35. The summed E-state index contributed by atoms with van der Waals surface area (Å²) in [5.41, 5.74) is 1.82. The van der Waals surface area contributed by atoms with Gasteiger partial charge in [-0.3, -0.25) is 9.78 Å². The smallest absolute Gasteiger partial charge is 0.387 e. The Hall–Kier alpha value is -2.50. The molecule has 23 heavy (non-hydrogen) atoms. The van der Waals surface area contributed by atoms with Crippen LogP contribution in [0.3, 0.4) is 0 Å². The highest BCUT2D eigenvalue weighted by Crippen LogP contribution is 2.19. The van der Waals surface area contributed by atoms with Gasteiger partial charge in [0.15, 0.2) is 0 Å². The van der Waals surface area contributed by atoms with E-state index >= 15 is 0 Å². The average molecular weight is 320 g/mol. The Balaban J connectivity index is 1.83. The summed E-state index contributed by atoms with van der Waals surface area (Å²) in [5, 5.41) is 2.88. The molecular weight excluding hydrogens is 302 g/mol. The van der Waals surface area contributed by atoms with E-state index in [2.05, 4.69) is 15.0 Å². The molecular formula is C17H18F2N2O2. The molecule has 2 rings (SSSR count). The Morgan fingerprint density at radius 3 is 2.61 bits per heavy atom. The molecule has 0 saturated carbocycles. The van der Waals surface area contributed by atoms with E-state index in [-0.39, 0.29) is 17.7 Å². The van der Waals surface area contributed by atoms with Gasteiger partial charge in [0.1, 0.15) is 5.75 Å². The molecule has 0 aliphatic carbocycles. The van der Waals surface area contributed by atoms with Gasteiger partial charge in [-0.05, 0) is 42.7 Å². The largest absolute Gasteiger partial charge is 0.435 e. The van der Waals surface area contributed by atoms with Crippen molar-refractivity contribution in [1.82, 2.24) is 10.3 Å². The van der Waals surface area contributed by atoms with Gasteiger partial charge < -0.3 is 10.1 Å². The quantitative estimate of drug-likeness (QED) is 0.849. The number of hydrogen-bond acceptors (Lipinski definition) is 3. The average Bonchev–Trinajstić information content (AvgIpc) is 2.54. The van der Waals surface area contributed by atoms with Crippen molar-refractivity contribution in [2.45, 2.75) is 32.4 Å². The van der Waals surface area contributed by atoms with E-state index in [9.17, 15) is 13.6 Å². The third kappa shape index (κ3) is 5.65. The molecule has 6 heteroatoms. The lowest BCUT2D eigenvalue weighted by atomic mass is 10.1. The lowest BCUT2D eigenvalue weighted by molar-refractivity contribution is -0.121. The van der Waals surface area contributed by atoms with E-state index in [1.807, 2.05) is 19.1 Å². The van der Waals surface area contributed by atoms with Crippen LogP contribution >= 0.6 is 0 Å². The maximum Gasteiger partial charge on any atom is 0.387 e. The Labute approximate surface area is 133 Å². The molecule has 122 valence electrons. The summed E-state index contributed by atoms with van der Waals surface area (Å²) < 4.78 is 28.5. The molecule has 0 aliphatic heterocycles. The highest BCUT2D eigenvalue weighted by Gasteiger charge is 2.11. The van der Waals surface area contributed by atoms with Crippen molar-refractivity contribution in [2.24, 2.45) is 0 Å². The van der Waals surface area contributed by atoms with E-state index in [0.29, 0.717) is 12.8 Å². The Kier molecular flexibility index (Phi) is 6.02. The van der Waals surface area contributed by atoms with Gasteiger partial charge in [-0.25, -0.2) is 0 Å². The van der Waals surface area contributed by atoms with E-state index < -0.39 is 6.61 Å². The Morgan fingerprint density at radius 2 is 2.00 bits per heavy atom. The maximum absolute atomic E-state index is 12.1. The van der Waals surface area contributed by atoms with Crippen molar-refractivity contribution >= 4 is 5.91 Å². The zero-order chi connectivity index (χ0) is 16.7. The molecule has 1 aromatic carbocycles. The zero-order valence-electron chi connectivity index (χ0n) is 12.7. The second-order valence-electron chi connectivity index (χ2n) is 5.10. The van der Waals surface area contributed by atoms with Crippen LogP contribution in [0.4, 0.5) is 8.78 Å². The highest BCUT2D eigenvalue weighted by atomic mass is 19.3. The van der Waals surface area contributed by atoms with Gasteiger partial charge in [-0.2, -0.15) is 8.78 Å². The van der Waals surface area contributed by atoms with Crippen LogP contribution in [0, 0.1) is 0 Å². The highest BCUT2D eigenvalue weighted by molar-refractivity contribution is 5.76. The summed E-state index contributed by atoms with van der Waals surface area (Å²) in [6.07, 6.45) is 4.40. The number of ether oxygens (including phenoxy) is 1. The summed E-state index contributed by atoms with van der Waals surface area (Å²) in [5.74, 6) is 0.0214. The van der Waals surface area contributed by atoms with Crippen LogP contribution in [0.1, 0.15) is 30.5 Å². The van der Waals surface area contributed by atoms with E-state index in [0.717, 1.165) is 11.1 Å². The molecule has 1 atom stereocenters. The van der Waals surface area contributed by atoms with Gasteiger partial charge in [-0.1, -0.05) is 18.2 Å². The number of alkyl halides is 2. The Morgan fingerprint density at radius 1 is 1.26 bits per heavy atom. The predicted octanol–water partition coefficient (Wildman–Crippen LogP) is 3.49. The molecule has 0 spiro atoms. The second kappa shape index (κ2) is 8.22. The molecule has 0 radical (unpaired) electrons. The number of carbonyl (C=O) groups is 1. The van der Waals surface area contributed by atoms with Gasteiger partial charge in [0.05, 0.1) is 6.04 Å². The van der Waals surface area contributed by atoms with Crippen molar-refractivity contribution in [1.29, 1.82) is 0 Å². The second-order valence-corrected chi connectivity index (χ2v) is 5.10. The van der Waals surface area contributed by atoms with Crippen molar-refractivity contribution in [2.75, 3.05) is 0 Å². The molecule has 0 bridgehead atoms. The van der Waals surface area contributed by atoms with Gasteiger partial charge in [0, 0.05) is 18.8 Å². The molecule has 1 aromatic heterocycles. The summed E-state index contributed by atoms with van der Waals surface area (Å²) in [4.78, 5) is 16.0. The summed E-state index contributed by atoms with van der Waals surface area (Å²) >= 11 is 0. The lowest BCUT2D eigenvalue weighted by Gasteiger charge is -2.15. The van der Waals surface area contributed by atoms with Crippen LogP contribution in [-0.4, -0.2) is 17.5 Å². The number of carbonyl (C=O) groups excluding carboxylic acids is 1. The minimum Gasteiger partial charge on any atom is -0.435 e. The van der Waals surface area contributed by atoms with Crippen molar-refractivity contribution < 1.29 is 18.3 Å². The number of nitrogens with zero attached hydrogens (tertiary/aromatic N) is 1. The van der Waals surface area contributed by atoms with Crippen molar-refractivity contribution in [3.05, 3.63) is 59.9 Å². The van der Waals surface area contributed by atoms with Gasteiger partial charge in [0.25, 0.3) is 0 Å². The van der Waals surface area contributed by atoms with Gasteiger partial charge >= 0.3 is 6.61 Å². The molecule has 0 saturated heterocycles. The maximum atomic E-state index is 12.1. The van der Waals surface area contributed by atoms with Crippen LogP contribution in [-0.2, 0) is 11.2 Å². The molecule has 2 aromatic rings. The van der Waals surface area contributed by atoms with Crippen molar-refractivity contribution in [3.63, 3.8) is 0 Å². The molecule has 0 fully saturated rings. The predicted molar refractivity (Wildman–Crippen MR) is 82.2 cm³/mol. The first-order chi connectivity index (χ1) is 11.0. The monoisotopic (exact) mass is 320 g/mol. The number of aryl methyl sites for hydroxylation is 1. The van der Waals surface area contributed by atoms with Gasteiger partial charge in [0.2, 0.25) is 5.91 Å². The van der Waals surface area contributed by atoms with Crippen LogP contribution in [0.15, 0.2) is 48.8 Å². The molecule has 1 heterocycles. The fourth-order valence-corrected chi connectivity index (χ4v) is 2.14. The first kappa shape index (κ1) is 16.9. The zero-order valence-corrected chi connectivity index (χ0v) is 12.7. The molecule has 1 N–H and O–H groups in total. The van der Waals surface area contributed by atoms with E-state index in [1.54, 1.807) is 24.5 Å². The van der Waals surface area contributed by atoms with Crippen LogP contribution < -0.4 is 10.1 Å². The SMILES string of the molecule is CC(NC(=O)CCc1cccnc1)c1ccc(OC(F)F)cc1. The first-order valence-corrected chi connectivity index (χ1v) is 7.27. The number of hydrogen-bond donors (Lipinski definition) is 1. The van der Waals surface area contributed by atoms with Crippen LogP contribution in [0.25, 0.3) is 0 Å². The fourth-order valence-electron chi connectivity index (χ4n) is 2.14. The van der Waals surface area contributed by atoms with E-state index in [1.165, 1.54) is 12.1 Å². The van der Waals surface area contributed by atoms with E-state index in [4.69, 9.17) is 0 Å². The number of nitrogens with one attached hydrogen (secondary N) is 1. The number of amides is 1. The first-order valence-electron chi connectivity index (χ1n) is 7.27. The minimum absolute atomic E-state index is 0.0748. The number of halogens is 2.